The second-order valence-electron chi connectivity index (χ2n) is 4.47. The van der Waals surface area contributed by atoms with Gasteiger partial charge in [-0.25, -0.2) is 0 Å². The summed E-state index contributed by atoms with van der Waals surface area (Å²) in [6.45, 7) is 0.478. The molecule has 0 unspecified atom stereocenters. The van der Waals surface area contributed by atoms with Crippen LogP contribution in [0.4, 0.5) is 11.4 Å². The predicted octanol–water partition coefficient (Wildman–Crippen LogP) is 0.0949. The van der Waals surface area contributed by atoms with Gasteiger partial charge in [0.2, 0.25) is 11.8 Å². The summed E-state index contributed by atoms with van der Waals surface area (Å²) in [5, 5.41) is 16.0. The Hall–Kier alpha value is -2.48. The molecule has 1 aromatic rings. The number of hydrogen-bond donors (Lipinski definition) is 2. The number of rotatable bonds is 4. The molecule has 1 aromatic carbocycles. The van der Waals surface area contributed by atoms with Crippen molar-refractivity contribution in [3.8, 4) is 0 Å². The third-order valence-corrected chi connectivity index (χ3v) is 2.98. The van der Waals surface area contributed by atoms with Crippen molar-refractivity contribution in [2.75, 3.05) is 25.5 Å². The zero-order valence-corrected chi connectivity index (χ0v) is 10.9. The summed E-state index contributed by atoms with van der Waals surface area (Å²) in [7, 11) is 1.71. The van der Waals surface area contributed by atoms with Gasteiger partial charge in [-0.15, -0.1) is 0 Å². The number of carbonyl (C=O) groups excluding carboxylic acids is 2. The highest BCUT2D eigenvalue weighted by atomic mass is 16.6. The lowest BCUT2D eigenvalue weighted by molar-refractivity contribution is -0.384. The summed E-state index contributed by atoms with van der Waals surface area (Å²) in [6, 6.07) is 4.46. The summed E-state index contributed by atoms with van der Waals surface area (Å²) in [5.74, 6) is -0.727. The molecule has 8 heteroatoms. The summed E-state index contributed by atoms with van der Waals surface area (Å²) < 4.78 is 0. The average molecular weight is 278 g/mol. The van der Waals surface area contributed by atoms with Crippen LogP contribution in [-0.2, 0) is 16.1 Å². The lowest BCUT2D eigenvalue weighted by Crippen LogP contribution is -2.50. The molecular formula is C12H14N4O4. The fourth-order valence-corrected chi connectivity index (χ4v) is 2.12. The fourth-order valence-electron chi connectivity index (χ4n) is 2.12. The minimum Gasteiger partial charge on any atom is -0.388 e. The van der Waals surface area contributed by atoms with Crippen LogP contribution in [0.3, 0.4) is 0 Å². The van der Waals surface area contributed by atoms with E-state index < -0.39 is 4.92 Å². The van der Waals surface area contributed by atoms with Crippen LogP contribution in [0.25, 0.3) is 0 Å². The van der Waals surface area contributed by atoms with Crippen molar-refractivity contribution in [2.45, 2.75) is 6.54 Å². The Morgan fingerprint density at radius 3 is 2.55 bits per heavy atom. The Kier molecular flexibility index (Phi) is 3.94. The molecule has 0 aliphatic carbocycles. The zero-order chi connectivity index (χ0) is 14.7. The first-order chi connectivity index (χ1) is 9.49. The van der Waals surface area contributed by atoms with E-state index in [9.17, 15) is 19.7 Å². The number of non-ortho nitro benzene ring substituents is 1. The zero-order valence-electron chi connectivity index (χ0n) is 10.9. The number of imide groups is 1. The van der Waals surface area contributed by atoms with Crippen molar-refractivity contribution < 1.29 is 14.5 Å². The first-order valence-corrected chi connectivity index (χ1v) is 5.99. The largest absolute Gasteiger partial charge is 0.388 e. The molecule has 0 radical (unpaired) electrons. The van der Waals surface area contributed by atoms with Gasteiger partial charge in [0.15, 0.2) is 0 Å². The maximum absolute atomic E-state index is 11.3. The molecule has 106 valence electrons. The standard InChI is InChI=1S/C12H14N4O4/c1-13-10-3-2-9(16(19)20)4-8(10)5-15-6-11(17)14-12(18)7-15/h2-4,13H,5-7H2,1H3,(H,14,17,18). The number of hydrogen-bond acceptors (Lipinski definition) is 6. The molecule has 20 heavy (non-hydrogen) atoms. The number of amides is 2. The van der Waals surface area contributed by atoms with Gasteiger partial charge >= 0.3 is 0 Å². The fraction of sp³-hybridized carbons (Fsp3) is 0.333. The number of carbonyl (C=O) groups is 2. The van der Waals surface area contributed by atoms with Crippen LogP contribution in [-0.4, -0.2) is 41.8 Å². The van der Waals surface area contributed by atoms with Gasteiger partial charge < -0.3 is 5.32 Å². The summed E-state index contributed by atoms with van der Waals surface area (Å²) in [5.41, 5.74) is 1.38. The van der Waals surface area contributed by atoms with Gasteiger partial charge in [0, 0.05) is 31.4 Å². The second kappa shape index (κ2) is 5.66. The highest BCUT2D eigenvalue weighted by Gasteiger charge is 2.23. The average Bonchev–Trinajstić information content (AvgIpc) is 2.37. The van der Waals surface area contributed by atoms with E-state index in [-0.39, 0.29) is 37.1 Å². The first-order valence-electron chi connectivity index (χ1n) is 5.99. The molecule has 2 amide bonds. The number of benzene rings is 1. The summed E-state index contributed by atoms with van der Waals surface area (Å²) in [4.78, 5) is 34.6. The molecule has 0 aromatic heterocycles. The second-order valence-corrected chi connectivity index (χ2v) is 4.47. The first kappa shape index (κ1) is 13.9. The third kappa shape index (κ3) is 3.09. The van der Waals surface area contributed by atoms with Crippen molar-refractivity contribution in [1.29, 1.82) is 0 Å². The lowest BCUT2D eigenvalue weighted by Gasteiger charge is -2.25. The van der Waals surface area contributed by atoms with Crippen LogP contribution >= 0.6 is 0 Å². The minimum absolute atomic E-state index is 0.0215. The number of nitrogens with zero attached hydrogens (tertiary/aromatic N) is 2. The van der Waals surface area contributed by atoms with Crippen LogP contribution in [0.15, 0.2) is 18.2 Å². The maximum Gasteiger partial charge on any atom is 0.269 e. The van der Waals surface area contributed by atoms with Crippen molar-refractivity contribution in [3.05, 3.63) is 33.9 Å². The Morgan fingerprint density at radius 2 is 2.00 bits per heavy atom. The molecule has 2 rings (SSSR count). The molecule has 0 spiro atoms. The number of piperazine rings is 1. The van der Waals surface area contributed by atoms with Crippen molar-refractivity contribution in [1.82, 2.24) is 10.2 Å². The van der Waals surface area contributed by atoms with Crippen molar-refractivity contribution in [2.24, 2.45) is 0 Å². The Balaban J connectivity index is 2.22. The van der Waals surface area contributed by atoms with Crippen LogP contribution in [0, 0.1) is 10.1 Å². The molecule has 0 bridgehead atoms. The van der Waals surface area contributed by atoms with Crippen molar-refractivity contribution in [3.63, 3.8) is 0 Å². The number of nitrogens with one attached hydrogen (secondary N) is 2. The van der Waals surface area contributed by atoms with Gasteiger partial charge in [0.05, 0.1) is 18.0 Å². The van der Waals surface area contributed by atoms with Gasteiger partial charge in [-0.05, 0) is 11.6 Å². The van der Waals surface area contributed by atoms with Crippen molar-refractivity contribution >= 4 is 23.2 Å². The van der Waals surface area contributed by atoms with Gasteiger partial charge in [0.25, 0.3) is 5.69 Å². The maximum atomic E-state index is 11.3. The molecule has 1 heterocycles. The van der Waals surface area contributed by atoms with Gasteiger partial charge in [0.1, 0.15) is 0 Å². The Labute approximate surface area is 114 Å². The molecule has 0 atom stereocenters. The van der Waals surface area contributed by atoms with E-state index in [1.165, 1.54) is 12.1 Å². The molecule has 1 aliphatic heterocycles. The molecule has 0 saturated carbocycles. The van der Waals surface area contributed by atoms with Gasteiger partial charge in [-0.1, -0.05) is 0 Å². The number of anilines is 1. The van der Waals surface area contributed by atoms with Crippen LogP contribution in [0.5, 0.6) is 0 Å². The van der Waals surface area contributed by atoms with E-state index in [0.29, 0.717) is 5.56 Å². The monoisotopic (exact) mass is 278 g/mol. The molecule has 1 aliphatic rings. The van der Waals surface area contributed by atoms with Gasteiger partial charge in [-0.2, -0.15) is 0 Å². The van der Waals surface area contributed by atoms with E-state index in [1.54, 1.807) is 18.0 Å². The third-order valence-electron chi connectivity index (χ3n) is 2.98. The van der Waals surface area contributed by atoms with E-state index in [0.717, 1.165) is 5.69 Å². The molecule has 1 fully saturated rings. The van der Waals surface area contributed by atoms with E-state index in [4.69, 9.17) is 0 Å². The summed E-state index contributed by atoms with van der Waals surface area (Å²) >= 11 is 0. The molecule has 2 N–H and O–H groups in total. The Bertz CT molecular complexity index is 557. The number of nitro benzene ring substituents is 1. The van der Waals surface area contributed by atoms with Crippen LogP contribution in [0.1, 0.15) is 5.56 Å². The topological polar surface area (TPSA) is 105 Å². The highest BCUT2D eigenvalue weighted by molar-refractivity contribution is 5.99. The molecule has 1 saturated heterocycles. The van der Waals surface area contributed by atoms with E-state index >= 15 is 0 Å². The SMILES string of the molecule is CNc1ccc([N+](=O)[O-])cc1CN1CC(=O)NC(=O)C1. The normalized spacial score (nSPS) is 15.8. The quantitative estimate of drug-likeness (QED) is 0.459. The van der Waals surface area contributed by atoms with Crippen LogP contribution in [0.2, 0.25) is 0 Å². The smallest absolute Gasteiger partial charge is 0.269 e. The van der Waals surface area contributed by atoms with Crippen LogP contribution < -0.4 is 10.6 Å². The van der Waals surface area contributed by atoms with E-state index in [2.05, 4.69) is 10.6 Å². The minimum atomic E-state index is -0.475. The molecule has 8 nitrogen and oxygen atoms in total. The highest BCUT2D eigenvalue weighted by Crippen LogP contribution is 2.23. The molecular weight excluding hydrogens is 264 g/mol. The Morgan fingerprint density at radius 1 is 1.35 bits per heavy atom. The lowest BCUT2D eigenvalue weighted by atomic mass is 10.1. The van der Waals surface area contributed by atoms with E-state index in [1.807, 2.05) is 0 Å². The predicted molar refractivity (Wildman–Crippen MR) is 71.1 cm³/mol. The summed E-state index contributed by atoms with van der Waals surface area (Å²) in [6.07, 6.45) is 0. The van der Waals surface area contributed by atoms with Gasteiger partial charge in [-0.3, -0.25) is 29.9 Å². The number of nitro groups is 1.